The minimum Gasteiger partial charge on any atom is -0.306 e. The summed E-state index contributed by atoms with van der Waals surface area (Å²) in [7, 11) is 2.06. The van der Waals surface area contributed by atoms with E-state index in [9.17, 15) is 4.79 Å². The van der Waals surface area contributed by atoms with E-state index >= 15 is 0 Å². The zero-order valence-electron chi connectivity index (χ0n) is 8.25. The number of rotatable bonds is 5. The normalized spacial score (nSPS) is 17.2. The lowest BCUT2D eigenvalue weighted by molar-refractivity contribution is -0.121. The Hall–Kier alpha value is -0.610. The van der Waals surface area contributed by atoms with E-state index in [1.807, 2.05) is 0 Å². The second-order valence-corrected chi connectivity index (χ2v) is 3.88. The molecule has 0 spiro atoms. The lowest BCUT2D eigenvalue weighted by atomic mass is 9.85. The highest BCUT2D eigenvalue weighted by molar-refractivity contribution is 5.75. The minimum atomic E-state index is -0.0829. The molecular weight excluding hydrogens is 166 g/mol. The predicted octanol–water partition coefficient (Wildman–Crippen LogP) is 0.0983. The van der Waals surface area contributed by atoms with E-state index in [1.54, 1.807) is 0 Å². The van der Waals surface area contributed by atoms with E-state index in [4.69, 9.17) is 5.84 Å². The van der Waals surface area contributed by atoms with Gasteiger partial charge in [0, 0.05) is 19.5 Å². The summed E-state index contributed by atoms with van der Waals surface area (Å²) in [4.78, 5) is 13.0. The van der Waals surface area contributed by atoms with E-state index in [0.29, 0.717) is 6.42 Å². The highest BCUT2D eigenvalue weighted by Gasteiger charge is 2.18. The summed E-state index contributed by atoms with van der Waals surface area (Å²) in [5.74, 6) is 5.76. The molecule has 76 valence electrons. The van der Waals surface area contributed by atoms with Crippen LogP contribution < -0.4 is 11.3 Å². The van der Waals surface area contributed by atoms with Crippen LogP contribution in [0.3, 0.4) is 0 Å². The molecule has 0 aliphatic heterocycles. The number of hydrogen-bond acceptors (Lipinski definition) is 3. The predicted molar refractivity (Wildman–Crippen MR) is 51.8 cm³/mol. The van der Waals surface area contributed by atoms with Crippen molar-refractivity contribution >= 4 is 5.91 Å². The van der Waals surface area contributed by atoms with Crippen molar-refractivity contribution in [3.05, 3.63) is 0 Å². The number of carbonyl (C=O) groups is 1. The lowest BCUT2D eigenvalue weighted by Crippen LogP contribution is -2.35. The molecule has 0 radical (unpaired) electrons. The number of amides is 1. The second kappa shape index (κ2) is 5.19. The van der Waals surface area contributed by atoms with Crippen LogP contribution in [0.15, 0.2) is 0 Å². The van der Waals surface area contributed by atoms with Crippen molar-refractivity contribution < 1.29 is 4.79 Å². The summed E-state index contributed by atoms with van der Waals surface area (Å²) in [5.41, 5.74) is 2.14. The second-order valence-electron chi connectivity index (χ2n) is 3.88. The maximum Gasteiger partial charge on any atom is 0.235 e. The van der Waals surface area contributed by atoms with Crippen LogP contribution in [0.1, 0.15) is 25.7 Å². The Kier molecular flexibility index (Phi) is 4.18. The molecule has 4 heteroatoms. The molecular formula is C9H19N3O. The Morgan fingerprint density at radius 3 is 2.77 bits per heavy atom. The monoisotopic (exact) mass is 185 g/mol. The standard InChI is InChI=1S/C9H19N3O/c1-12(6-5-9(13)11-10)7-8-3-2-4-8/h8H,2-7,10H2,1H3,(H,11,13). The summed E-state index contributed by atoms with van der Waals surface area (Å²) in [6, 6.07) is 0. The molecule has 13 heavy (non-hydrogen) atoms. The molecule has 4 nitrogen and oxygen atoms in total. The topological polar surface area (TPSA) is 58.4 Å². The average Bonchev–Trinajstić information content (AvgIpc) is 2.07. The molecule has 0 aromatic heterocycles. The van der Waals surface area contributed by atoms with Crippen LogP contribution in [0.5, 0.6) is 0 Å². The van der Waals surface area contributed by atoms with Gasteiger partial charge in [0.25, 0.3) is 0 Å². The Labute approximate surface area is 79.4 Å². The Balaban J connectivity index is 2.02. The number of nitrogens with one attached hydrogen (secondary N) is 1. The molecule has 1 amide bonds. The van der Waals surface area contributed by atoms with E-state index in [0.717, 1.165) is 19.0 Å². The van der Waals surface area contributed by atoms with Crippen molar-refractivity contribution in [2.24, 2.45) is 11.8 Å². The van der Waals surface area contributed by atoms with Gasteiger partial charge >= 0.3 is 0 Å². The fraction of sp³-hybridized carbons (Fsp3) is 0.889. The summed E-state index contributed by atoms with van der Waals surface area (Å²) >= 11 is 0. The number of hydrogen-bond donors (Lipinski definition) is 2. The molecule has 0 unspecified atom stereocenters. The van der Waals surface area contributed by atoms with Gasteiger partial charge in [-0.05, 0) is 25.8 Å². The van der Waals surface area contributed by atoms with Crippen LogP contribution >= 0.6 is 0 Å². The van der Waals surface area contributed by atoms with Crippen molar-refractivity contribution in [2.45, 2.75) is 25.7 Å². The van der Waals surface area contributed by atoms with Crippen molar-refractivity contribution in [1.29, 1.82) is 0 Å². The van der Waals surface area contributed by atoms with Crippen LogP contribution in [-0.4, -0.2) is 30.9 Å². The number of nitrogens with zero attached hydrogens (tertiary/aromatic N) is 1. The first-order chi connectivity index (χ1) is 6.22. The molecule has 1 saturated carbocycles. The van der Waals surface area contributed by atoms with Crippen LogP contribution in [0.4, 0.5) is 0 Å². The Bertz CT molecular complexity index is 168. The quantitative estimate of drug-likeness (QED) is 0.363. The van der Waals surface area contributed by atoms with Gasteiger partial charge in [-0.2, -0.15) is 0 Å². The molecule has 0 saturated heterocycles. The van der Waals surface area contributed by atoms with Crippen molar-refractivity contribution in [3.63, 3.8) is 0 Å². The maximum atomic E-state index is 10.8. The van der Waals surface area contributed by atoms with Gasteiger partial charge in [-0.1, -0.05) is 6.42 Å². The van der Waals surface area contributed by atoms with Crippen molar-refractivity contribution in [2.75, 3.05) is 20.1 Å². The Morgan fingerprint density at radius 2 is 2.31 bits per heavy atom. The molecule has 0 atom stereocenters. The molecule has 0 aromatic carbocycles. The van der Waals surface area contributed by atoms with Gasteiger partial charge in [-0.3, -0.25) is 10.2 Å². The van der Waals surface area contributed by atoms with Gasteiger partial charge in [0.2, 0.25) is 5.91 Å². The zero-order chi connectivity index (χ0) is 9.68. The van der Waals surface area contributed by atoms with Crippen molar-refractivity contribution in [3.8, 4) is 0 Å². The van der Waals surface area contributed by atoms with E-state index < -0.39 is 0 Å². The number of carbonyl (C=O) groups excluding carboxylic acids is 1. The van der Waals surface area contributed by atoms with Gasteiger partial charge < -0.3 is 4.90 Å². The highest BCUT2D eigenvalue weighted by atomic mass is 16.2. The minimum absolute atomic E-state index is 0.0829. The van der Waals surface area contributed by atoms with Gasteiger partial charge in [-0.15, -0.1) is 0 Å². The van der Waals surface area contributed by atoms with Crippen LogP contribution in [0, 0.1) is 5.92 Å². The molecule has 1 rings (SSSR count). The van der Waals surface area contributed by atoms with E-state index in [1.165, 1.54) is 19.3 Å². The smallest absolute Gasteiger partial charge is 0.235 e. The zero-order valence-corrected chi connectivity index (χ0v) is 8.25. The largest absolute Gasteiger partial charge is 0.306 e. The van der Waals surface area contributed by atoms with E-state index in [2.05, 4.69) is 17.4 Å². The first-order valence-electron chi connectivity index (χ1n) is 4.90. The molecule has 3 N–H and O–H groups in total. The highest BCUT2D eigenvalue weighted by Crippen LogP contribution is 2.26. The summed E-state index contributed by atoms with van der Waals surface area (Å²) in [6.07, 6.45) is 4.59. The summed E-state index contributed by atoms with van der Waals surface area (Å²) in [6.45, 7) is 1.93. The molecule has 1 fully saturated rings. The third-order valence-electron chi connectivity index (χ3n) is 2.68. The van der Waals surface area contributed by atoms with Crippen LogP contribution in [0.25, 0.3) is 0 Å². The van der Waals surface area contributed by atoms with Crippen LogP contribution in [-0.2, 0) is 4.79 Å². The lowest BCUT2D eigenvalue weighted by Gasteiger charge is -2.29. The molecule has 0 heterocycles. The SMILES string of the molecule is CN(CCC(=O)NN)CC1CCC1. The fourth-order valence-corrected chi connectivity index (χ4v) is 1.57. The van der Waals surface area contributed by atoms with Gasteiger partial charge in [0.05, 0.1) is 0 Å². The van der Waals surface area contributed by atoms with Gasteiger partial charge in [0.1, 0.15) is 0 Å². The average molecular weight is 185 g/mol. The summed E-state index contributed by atoms with van der Waals surface area (Å²) < 4.78 is 0. The summed E-state index contributed by atoms with van der Waals surface area (Å²) in [5, 5.41) is 0. The van der Waals surface area contributed by atoms with Crippen LogP contribution in [0.2, 0.25) is 0 Å². The molecule has 1 aliphatic rings. The van der Waals surface area contributed by atoms with Gasteiger partial charge in [0.15, 0.2) is 0 Å². The number of nitrogens with two attached hydrogens (primary N) is 1. The maximum absolute atomic E-state index is 10.8. The molecule has 0 bridgehead atoms. The first-order valence-corrected chi connectivity index (χ1v) is 4.90. The third kappa shape index (κ3) is 3.74. The van der Waals surface area contributed by atoms with Gasteiger partial charge in [-0.25, -0.2) is 5.84 Å². The Morgan fingerprint density at radius 1 is 1.62 bits per heavy atom. The number of hydrazine groups is 1. The molecule has 0 aromatic rings. The van der Waals surface area contributed by atoms with E-state index in [-0.39, 0.29) is 5.91 Å². The molecule has 1 aliphatic carbocycles. The fourth-order valence-electron chi connectivity index (χ4n) is 1.57. The third-order valence-corrected chi connectivity index (χ3v) is 2.68. The van der Waals surface area contributed by atoms with Crippen molar-refractivity contribution in [1.82, 2.24) is 10.3 Å². The first kappa shape index (κ1) is 10.5.